The van der Waals surface area contributed by atoms with E-state index in [4.69, 9.17) is 27.1 Å². The van der Waals surface area contributed by atoms with Crippen molar-refractivity contribution in [3.05, 3.63) is 94.8 Å². The van der Waals surface area contributed by atoms with Crippen LogP contribution in [0.2, 0.25) is 0 Å². The number of aryl methyl sites for hydroxylation is 1. The monoisotopic (exact) mass is 800 g/mol. The quantitative estimate of drug-likeness (QED) is 0.0848. The second-order valence-corrected chi connectivity index (χ2v) is 14.4. The molecule has 59 heavy (non-hydrogen) atoms. The maximum absolute atomic E-state index is 14.5. The molecule has 4 aromatic rings. The van der Waals surface area contributed by atoms with Gasteiger partial charge in [-0.05, 0) is 51.5 Å². The molecule has 1 N–H and O–H groups in total. The SMILES string of the molecule is C#CCN(CC#C)Cc1cn(CCC(=O)NCCOCCOCCN2C(=O)c3ccccc3C23c2ccc(N(CC)CC)cc2Oc2cc(N(CC)CC)ccc23)nn1. The van der Waals surface area contributed by atoms with Crippen molar-refractivity contribution < 1.29 is 23.8 Å². The van der Waals surface area contributed by atoms with Crippen LogP contribution in [0.4, 0.5) is 11.4 Å². The zero-order chi connectivity index (χ0) is 41.8. The number of hydrogen-bond acceptors (Lipinski definition) is 10. The van der Waals surface area contributed by atoms with E-state index in [1.165, 1.54) is 0 Å². The fourth-order valence-corrected chi connectivity index (χ4v) is 8.12. The zero-order valence-electron chi connectivity index (χ0n) is 34.8. The summed E-state index contributed by atoms with van der Waals surface area (Å²) in [4.78, 5) is 35.4. The number of carbonyl (C=O) groups excluding carboxylic acids is 2. The third kappa shape index (κ3) is 9.23. The first-order chi connectivity index (χ1) is 28.8. The highest BCUT2D eigenvalue weighted by molar-refractivity contribution is 6.02. The Hall–Kier alpha value is -5.86. The molecular formula is C46H56N8O5. The van der Waals surface area contributed by atoms with Crippen LogP contribution in [0.15, 0.2) is 66.9 Å². The summed E-state index contributed by atoms with van der Waals surface area (Å²) in [6, 6.07) is 20.7. The second kappa shape index (κ2) is 20.2. The molecule has 0 saturated heterocycles. The molecule has 0 radical (unpaired) electrons. The summed E-state index contributed by atoms with van der Waals surface area (Å²) < 4.78 is 20.3. The number of nitrogens with zero attached hydrogens (tertiary/aromatic N) is 7. The third-order valence-electron chi connectivity index (χ3n) is 11.0. The number of amides is 2. The van der Waals surface area contributed by atoms with Gasteiger partial charge in [-0.25, -0.2) is 0 Å². The van der Waals surface area contributed by atoms with E-state index in [1.807, 2.05) is 28.0 Å². The first kappa shape index (κ1) is 42.7. The minimum atomic E-state index is -0.917. The van der Waals surface area contributed by atoms with Crippen LogP contribution < -0.4 is 19.9 Å². The van der Waals surface area contributed by atoms with Gasteiger partial charge in [-0.1, -0.05) is 47.4 Å². The molecule has 3 heterocycles. The molecule has 0 fully saturated rings. The molecule has 13 nitrogen and oxygen atoms in total. The van der Waals surface area contributed by atoms with Crippen molar-refractivity contribution >= 4 is 23.2 Å². The largest absolute Gasteiger partial charge is 0.456 e. The number of ether oxygens (including phenoxy) is 3. The molecule has 1 spiro atoms. The molecule has 0 unspecified atom stereocenters. The minimum absolute atomic E-state index is 0.0494. The first-order valence-electron chi connectivity index (χ1n) is 20.6. The average molecular weight is 801 g/mol. The van der Waals surface area contributed by atoms with E-state index in [1.54, 1.807) is 10.9 Å². The molecule has 0 atom stereocenters. The Balaban J connectivity index is 1.06. The number of fused-ring (bicyclic) bond motifs is 6. The van der Waals surface area contributed by atoms with Gasteiger partial charge in [-0.3, -0.25) is 19.2 Å². The van der Waals surface area contributed by atoms with Crippen LogP contribution in [0.25, 0.3) is 0 Å². The molecule has 2 aliphatic heterocycles. The van der Waals surface area contributed by atoms with Gasteiger partial charge in [0.2, 0.25) is 5.91 Å². The number of hydrogen-bond donors (Lipinski definition) is 1. The maximum atomic E-state index is 14.5. The van der Waals surface area contributed by atoms with Gasteiger partial charge in [0.05, 0.1) is 51.8 Å². The Morgan fingerprint density at radius 3 is 2.03 bits per heavy atom. The van der Waals surface area contributed by atoms with Gasteiger partial charge in [-0.15, -0.1) is 17.9 Å². The second-order valence-electron chi connectivity index (χ2n) is 14.4. The molecule has 2 amide bonds. The Labute approximate surface area is 348 Å². The van der Waals surface area contributed by atoms with Gasteiger partial charge in [0, 0.05) is 98.6 Å². The number of nitrogens with one attached hydrogen (secondary N) is 1. The summed E-state index contributed by atoms with van der Waals surface area (Å²) >= 11 is 0. The predicted octanol–water partition coefficient (Wildman–Crippen LogP) is 5.13. The maximum Gasteiger partial charge on any atom is 0.255 e. The van der Waals surface area contributed by atoms with Crippen LogP contribution in [0.5, 0.6) is 11.5 Å². The van der Waals surface area contributed by atoms with Crippen LogP contribution in [0.3, 0.4) is 0 Å². The Kier molecular flexibility index (Phi) is 14.6. The van der Waals surface area contributed by atoms with Gasteiger partial charge in [-0.2, -0.15) is 0 Å². The summed E-state index contributed by atoms with van der Waals surface area (Å²) in [5, 5.41) is 11.2. The summed E-state index contributed by atoms with van der Waals surface area (Å²) in [5.74, 6) is 6.50. The molecule has 6 rings (SSSR count). The smallest absolute Gasteiger partial charge is 0.255 e. The van der Waals surface area contributed by atoms with Crippen LogP contribution in [-0.2, 0) is 32.9 Å². The first-order valence-corrected chi connectivity index (χ1v) is 20.6. The third-order valence-corrected chi connectivity index (χ3v) is 11.0. The van der Waals surface area contributed by atoms with Gasteiger partial charge in [0.25, 0.3) is 5.91 Å². The number of carbonyl (C=O) groups is 2. The van der Waals surface area contributed by atoms with Crippen molar-refractivity contribution in [1.82, 2.24) is 30.1 Å². The lowest BCUT2D eigenvalue weighted by Crippen LogP contribution is -2.48. The lowest BCUT2D eigenvalue weighted by atomic mass is 9.74. The average Bonchev–Trinajstić information content (AvgIpc) is 3.80. The highest BCUT2D eigenvalue weighted by atomic mass is 16.5. The lowest BCUT2D eigenvalue weighted by molar-refractivity contribution is -0.121. The van der Waals surface area contributed by atoms with Crippen molar-refractivity contribution in [2.24, 2.45) is 0 Å². The highest BCUT2D eigenvalue weighted by Gasteiger charge is 2.56. The molecule has 2 aliphatic rings. The molecule has 3 aromatic carbocycles. The van der Waals surface area contributed by atoms with E-state index in [9.17, 15) is 9.59 Å². The molecule has 0 bridgehead atoms. The van der Waals surface area contributed by atoms with Crippen LogP contribution in [0.1, 0.15) is 66.9 Å². The zero-order valence-corrected chi connectivity index (χ0v) is 34.8. The van der Waals surface area contributed by atoms with Crippen LogP contribution in [0, 0.1) is 24.7 Å². The molecule has 0 aliphatic carbocycles. The fourth-order valence-electron chi connectivity index (χ4n) is 8.12. The Morgan fingerprint density at radius 2 is 1.42 bits per heavy atom. The number of rotatable bonds is 22. The van der Waals surface area contributed by atoms with Crippen LogP contribution in [-0.4, -0.2) is 115 Å². The van der Waals surface area contributed by atoms with E-state index in [0.29, 0.717) is 71.3 Å². The summed E-state index contributed by atoms with van der Waals surface area (Å²) in [6.07, 6.45) is 12.9. The summed E-state index contributed by atoms with van der Waals surface area (Å²) in [7, 11) is 0. The Bertz CT molecular complexity index is 2070. The number of aromatic nitrogens is 3. The Morgan fingerprint density at radius 1 is 0.814 bits per heavy atom. The van der Waals surface area contributed by atoms with E-state index < -0.39 is 5.54 Å². The van der Waals surface area contributed by atoms with Gasteiger partial charge >= 0.3 is 0 Å². The van der Waals surface area contributed by atoms with E-state index >= 15 is 0 Å². The predicted molar refractivity (Wildman–Crippen MR) is 230 cm³/mol. The normalized spacial score (nSPS) is 13.3. The molecule has 1 aromatic heterocycles. The molecule has 13 heteroatoms. The lowest BCUT2D eigenvalue weighted by Gasteiger charge is -2.44. The van der Waals surface area contributed by atoms with Crippen molar-refractivity contribution in [2.75, 3.05) is 88.6 Å². The van der Waals surface area contributed by atoms with Crippen LogP contribution >= 0.6 is 0 Å². The highest BCUT2D eigenvalue weighted by Crippen LogP contribution is 2.58. The fraction of sp³-hybridized carbons (Fsp3) is 0.435. The minimum Gasteiger partial charge on any atom is -0.456 e. The van der Waals surface area contributed by atoms with E-state index in [2.05, 4.69) is 107 Å². The van der Waals surface area contributed by atoms with Crippen molar-refractivity contribution in [3.63, 3.8) is 0 Å². The molecule has 0 saturated carbocycles. The van der Waals surface area contributed by atoms with Crippen molar-refractivity contribution in [1.29, 1.82) is 0 Å². The van der Waals surface area contributed by atoms with E-state index in [0.717, 1.165) is 71.4 Å². The van der Waals surface area contributed by atoms with Gasteiger partial charge in [0.1, 0.15) is 17.0 Å². The number of anilines is 2. The van der Waals surface area contributed by atoms with Gasteiger partial charge < -0.3 is 34.2 Å². The topological polar surface area (TPSA) is 118 Å². The van der Waals surface area contributed by atoms with Crippen molar-refractivity contribution in [3.8, 4) is 36.2 Å². The number of benzene rings is 3. The summed E-state index contributed by atoms with van der Waals surface area (Å²) in [5.41, 5.74) is 5.42. The number of terminal acetylenes is 2. The van der Waals surface area contributed by atoms with Crippen molar-refractivity contribution in [2.45, 2.75) is 52.7 Å². The molecule has 310 valence electrons. The van der Waals surface area contributed by atoms with E-state index in [-0.39, 0.29) is 18.2 Å². The summed E-state index contributed by atoms with van der Waals surface area (Å²) in [6.45, 7) is 15.8. The molecular weight excluding hydrogens is 745 g/mol. The standard InChI is InChI=1S/C46H56N8O5/c1-7-23-50(24-8-2)33-35-34-53(49-48-35)25-21-44(55)47-22-27-57-29-30-58-28-26-54-45(56)38-15-13-14-16-39(38)46(54)40-19-17-36(51(9-3)10-4)31-42(40)59-43-32-37(18-20-41(43)46)52(11-5)12-6/h1-2,13-20,31-32,34H,9-12,21-30,33H2,3-6H3,(H,47,55). The van der Waals surface area contributed by atoms with Gasteiger partial charge in [0.15, 0.2) is 0 Å².